The Morgan fingerprint density at radius 2 is 2.05 bits per heavy atom. The summed E-state index contributed by atoms with van der Waals surface area (Å²) in [6.07, 6.45) is -0.151. The number of aliphatic carboxylic acids is 1. The highest BCUT2D eigenvalue weighted by Gasteiger charge is 2.46. The van der Waals surface area contributed by atoms with Gasteiger partial charge in [0.2, 0.25) is 11.6 Å². The molecule has 1 aliphatic heterocycles. The molecule has 0 bridgehead atoms. The molecule has 1 amide bonds. The first-order valence-electron chi connectivity index (χ1n) is 5.96. The zero-order valence-electron chi connectivity index (χ0n) is 10.4. The first-order chi connectivity index (χ1) is 9.32. The minimum absolute atomic E-state index is 0.0343. The molecule has 0 spiro atoms. The molecule has 20 heavy (non-hydrogen) atoms. The van der Waals surface area contributed by atoms with E-state index >= 15 is 0 Å². The summed E-state index contributed by atoms with van der Waals surface area (Å²) >= 11 is 11.6. The number of carboxylic acid groups (broad SMARTS) is 1. The number of likely N-dealkylation sites (tertiary alicyclic amines) is 1. The van der Waals surface area contributed by atoms with Gasteiger partial charge in [-0.15, -0.1) is 0 Å². The molecule has 0 radical (unpaired) electrons. The van der Waals surface area contributed by atoms with Crippen molar-refractivity contribution in [1.82, 2.24) is 4.90 Å². The van der Waals surface area contributed by atoms with Crippen molar-refractivity contribution in [3.05, 3.63) is 33.8 Å². The van der Waals surface area contributed by atoms with Crippen molar-refractivity contribution in [2.45, 2.75) is 18.5 Å². The second-order valence-electron chi connectivity index (χ2n) is 4.76. The lowest BCUT2D eigenvalue weighted by atomic mass is 10.1. The fourth-order valence-corrected chi connectivity index (χ4v) is 2.42. The van der Waals surface area contributed by atoms with E-state index in [0.29, 0.717) is 15.6 Å². The first kappa shape index (κ1) is 15.1. The fraction of sp³-hybridized carbons (Fsp3) is 0.385. The number of hydrogen-bond donors (Lipinski definition) is 1. The third-order valence-corrected chi connectivity index (χ3v) is 4.03. The van der Waals surface area contributed by atoms with Gasteiger partial charge in [-0.2, -0.15) is 0 Å². The molecule has 1 aromatic rings. The molecule has 1 unspecified atom stereocenters. The van der Waals surface area contributed by atoms with Gasteiger partial charge in [-0.1, -0.05) is 29.3 Å². The predicted octanol–water partition coefficient (Wildman–Crippen LogP) is 2.56. The van der Waals surface area contributed by atoms with Crippen LogP contribution in [0.25, 0.3) is 0 Å². The molecule has 1 fully saturated rings. The number of hydrogen-bond acceptors (Lipinski definition) is 2. The van der Waals surface area contributed by atoms with Crippen molar-refractivity contribution in [3.63, 3.8) is 0 Å². The van der Waals surface area contributed by atoms with E-state index in [4.69, 9.17) is 28.3 Å². The van der Waals surface area contributed by atoms with Gasteiger partial charge in [-0.25, -0.2) is 9.18 Å². The van der Waals surface area contributed by atoms with E-state index in [9.17, 15) is 14.0 Å². The maximum atomic E-state index is 13.9. The van der Waals surface area contributed by atoms with Crippen LogP contribution >= 0.6 is 23.2 Å². The average Bonchev–Trinajstić information content (AvgIpc) is 2.78. The average molecular weight is 320 g/mol. The van der Waals surface area contributed by atoms with E-state index in [2.05, 4.69) is 0 Å². The Balaban J connectivity index is 2.03. The molecule has 0 aliphatic carbocycles. The van der Waals surface area contributed by atoms with Gasteiger partial charge in [-0.05, 0) is 17.7 Å². The molecule has 2 rings (SSSR count). The van der Waals surface area contributed by atoms with Gasteiger partial charge in [0, 0.05) is 13.0 Å². The number of halogens is 3. The van der Waals surface area contributed by atoms with E-state index in [0.717, 1.165) is 0 Å². The van der Waals surface area contributed by atoms with Crippen LogP contribution in [-0.2, 0) is 16.0 Å². The molecular weight excluding hydrogens is 308 g/mol. The van der Waals surface area contributed by atoms with E-state index in [1.165, 1.54) is 4.90 Å². The number of carbonyl (C=O) groups excluding carboxylic acids is 1. The zero-order chi connectivity index (χ0) is 14.9. The summed E-state index contributed by atoms with van der Waals surface area (Å²) in [6, 6.07) is 4.80. The fourth-order valence-electron chi connectivity index (χ4n) is 2.10. The van der Waals surface area contributed by atoms with Crippen LogP contribution in [0.5, 0.6) is 0 Å². The van der Waals surface area contributed by atoms with E-state index in [1.54, 1.807) is 18.2 Å². The molecule has 4 nitrogen and oxygen atoms in total. The molecule has 1 N–H and O–H groups in total. The van der Waals surface area contributed by atoms with Crippen LogP contribution < -0.4 is 0 Å². The molecular formula is C13H12Cl2FNO3. The molecule has 108 valence electrons. The highest BCUT2D eigenvalue weighted by atomic mass is 35.5. The Bertz CT molecular complexity index is 567. The highest BCUT2D eigenvalue weighted by Crippen LogP contribution is 2.27. The Morgan fingerprint density at radius 1 is 1.35 bits per heavy atom. The molecule has 1 heterocycles. The van der Waals surface area contributed by atoms with Crippen molar-refractivity contribution >= 4 is 35.1 Å². The van der Waals surface area contributed by atoms with Crippen LogP contribution in [0.2, 0.25) is 10.0 Å². The number of carboxylic acids is 1. The Kier molecular flexibility index (Phi) is 4.20. The molecule has 1 aromatic carbocycles. The van der Waals surface area contributed by atoms with Gasteiger partial charge < -0.3 is 10.0 Å². The third-order valence-electron chi connectivity index (χ3n) is 3.29. The molecule has 0 aromatic heterocycles. The standard InChI is InChI=1S/C13H12Cl2FNO3/c14-9-2-1-8(5-10(9)15)6-11(18)17-4-3-13(16,7-17)12(19)20/h1-2,5H,3-4,6-7H2,(H,19,20). The lowest BCUT2D eigenvalue weighted by molar-refractivity contribution is -0.150. The molecule has 1 atom stereocenters. The van der Waals surface area contributed by atoms with Gasteiger partial charge in [0.1, 0.15) is 0 Å². The summed E-state index contributed by atoms with van der Waals surface area (Å²) in [5, 5.41) is 9.51. The van der Waals surface area contributed by atoms with Crippen LogP contribution in [0.15, 0.2) is 18.2 Å². The van der Waals surface area contributed by atoms with Crippen LogP contribution in [0.4, 0.5) is 4.39 Å². The normalized spacial score (nSPS) is 22.1. The summed E-state index contributed by atoms with van der Waals surface area (Å²) < 4.78 is 13.9. The number of carbonyl (C=O) groups is 2. The maximum Gasteiger partial charge on any atom is 0.343 e. The Morgan fingerprint density at radius 3 is 2.60 bits per heavy atom. The van der Waals surface area contributed by atoms with E-state index < -0.39 is 18.2 Å². The third kappa shape index (κ3) is 3.04. The van der Waals surface area contributed by atoms with Crippen molar-refractivity contribution in [2.24, 2.45) is 0 Å². The second-order valence-corrected chi connectivity index (χ2v) is 5.58. The lowest BCUT2D eigenvalue weighted by Gasteiger charge is -2.17. The van der Waals surface area contributed by atoms with E-state index in [1.807, 2.05) is 0 Å². The molecule has 7 heteroatoms. The van der Waals surface area contributed by atoms with Crippen LogP contribution in [0, 0.1) is 0 Å². The van der Waals surface area contributed by atoms with Crippen LogP contribution in [0.1, 0.15) is 12.0 Å². The van der Waals surface area contributed by atoms with Crippen molar-refractivity contribution < 1.29 is 19.1 Å². The van der Waals surface area contributed by atoms with Gasteiger partial charge in [0.25, 0.3) is 0 Å². The smallest absolute Gasteiger partial charge is 0.343 e. The first-order valence-corrected chi connectivity index (χ1v) is 6.71. The van der Waals surface area contributed by atoms with Gasteiger partial charge >= 0.3 is 5.97 Å². The Hall–Kier alpha value is -1.33. The lowest BCUT2D eigenvalue weighted by Crippen LogP contribution is -2.39. The topological polar surface area (TPSA) is 57.6 Å². The quantitative estimate of drug-likeness (QED) is 0.931. The van der Waals surface area contributed by atoms with Crippen LogP contribution in [0.3, 0.4) is 0 Å². The second kappa shape index (κ2) is 5.58. The summed E-state index contributed by atoms with van der Waals surface area (Å²) in [4.78, 5) is 24.0. The SMILES string of the molecule is O=C(Cc1ccc(Cl)c(Cl)c1)N1CCC(F)(C(=O)O)C1. The molecule has 1 aliphatic rings. The van der Waals surface area contributed by atoms with Gasteiger partial charge in [0.15, 0.2) is 0 Å². The van der Waals surface area contributed by atoms with Gasteiger partial charge in [-0.3, -0.25) is 4.79 Å². The zero-order valence-corrected chi connectivity index (χ0v) is 11.9. The predicted molar refractivity (Wildman–Crippen MR) is 72.8 cm³/mol. The Labute approximate surface area is 125 Å². The highest BCUT2D eigenvalue weighted by molar-refractivity contribution is 6.42. The minimum atomic E-state index is -2.34. The number of alkyl halides is 1. The maximum absolute atomic E-state index is 13.9. The summed E-state index contributed by atoms with van der Waals surface area (Å²) in [7, 11) is 0. The summed E-state index contributed by atoms with van der Waals surface area (Å²) in [5.74, 6) is -1.86. The summed E-state index contributed by atoms with van der Waals surface area (Å²) in [5.41, 5.74) is -1.69. The largest absolute Gasteiger partial charge is 0.479 e. The number of nitrogens with zero attached hydrogens (tertiary/aromatic N) is 1. The van der Waals surface area contributed by atoms with Crippen molar-refractivity contribution in [1.29, 1.82) is 0 Å². The van der Waals surface area contributed by atoms with Crippen molar-refractivity contribution in [2.75, 3.05) is 13.1 Å². The summed E-state index contributed by atoms with van der Waals surface area (Å²) in [6.45, 7) is -0.314. The minimum Gasteiger partial charge on any atom is -0.479 e. The monoisotopic (exact) mass is 319 g/mol. The molecule has 1 saturated heterocycles. The van der Waals surface area contributed by atoms with Crippen LogP contribution in [-0.4, -0.2) is 40.6 Å². The number of amides is 1. The van der Waals surface area contributed by atoms with Crippen molar-refractivity contribution in [3.8, 4) is 0 Å². The van der Waals surface area contributed by atoms with E-state index in [-0.39, 0.29) is 25.3 Å². The number of benzene rings is 1. The number of rotatable bonds is 3. The molecule has 0 saturated carbocycles. The van der Waals surface area contributed by atoms with Gasteiger partial charge in [0.05, 0.1) is 23.0 Å².